The topological polar surface area (TPSA) is 20.2 Å². The van der Waals surface area contributed by atoms with E-state index in [4.69, 9.17) is 0 Å². The zero-order chi connectivity index (χ0) is 10.8. The van der Waals surface area contributed by atoms with Gasteiger partial charge in [-0.05, 0) is 46.8 Å². The molecule has 0 bridgehead atoms. The Hall–Kier alpha value is -0.670. The van der Waals surface area contributed by atoms with E-state index in [9.17, 15) is 9.50 Å². The number of aliphatic hydroxyl groups is 1. The van der Waals surface area contributed by atoms with Gasteiger partial charge in [0.15, 0.2) is 0 Å². The molecule has 15 heavy (non-hydrogen) atoms. The fourth-order valence-electron chi connectivity index (χ4n) is 1.88. The van der Waals surface area contributed by atoms with E-state index >= 15 is 0 Å². The zero-order valence-corrected chi connectivity index (χ0v) is 9.80. The van der Waals surface area contributed by atoms with Gasteiger partial charge in [0, 0.05) is 5.56 Å². The van der Waals surface area contributed by atoms with E-state index in [0.717, 1.165) is 24.8 Å². The summed E-state index contributed by atoms with van der Waals surface area (Å²) in [5, 5.41) is 9.49. The summed E-state index contributed by atoms with van der Waals surface area (Å²) in [5.74, 6) is -0.238. The maximum atomic E-state index is 13.7. The molecule has 3 heteroatoms. The first kappa shape index (κ1) is 10.8. The number of benzene rings is 1. The molecule has 1 N–H and O–H groups in total. The van der Waals surface area contributed by atoms with Gasteiger partial charge in [0.2, 0.25) is 0 Å². The van der Waals surface area contributed by atoms with Crippen molar-refractivity contribution in [3.8, 4) is 0 Å². The van der Waals surface area contributed by atoms with Crippen LogP contribution in [0, 0.1) is 5.82 Å². The number of halogens is 2. The minimum atomic E-state index is -0.424. The third kappa shape index (κ3) is 2.29. The van der Waals surface area contributed by atoms with E-state index in [1.165, 1.54) is 0 Å². The molecule has 0 fully saturated rings. The summed E-state index contributed by atoms with van der Waals surface area (Å²) in [5.41, 5.74) is 1.51. The van der Waals surface area contributed by atoms with Crippen molar-refractivity contribution in [2.24, 2.45) is 0 Å². The SMILES string of the molecule is OC1C=C(c2cccc(Br)c2F)CCC1. The van der Waals surface area contributed by atoms with Crippen LogP contribution in [0.4, 0.5) is 4.39 Å². The average molecular weight is 271 g/mol. The number of allylic oxidation sites excluding steroid dienone is 1. The van der Waals surface area contributed by atoms with Crippen LogP contribution in [-0.4, -0.2) is 11.2 Å². The first-order valence-corrected chi connectivity index (χ1v) is 5.81. The lowest BCUT2D eigenvalue weighted by Crippen LogP contribution is -2.09. The molecule has 80 valence electrons. The minimum Gasteiger partial charge on any atom is -0.389 e. The monoisotopic (exact) mass is 270 g/mol. The van der Waals surface area contributed by atoms with Crippen molar-refractivity contribution in [2.45, 2.75) is 25.4 Å². The molecule has 1 unspecified atom stereocenters. The van der Waals surface area contributed by atoms with Crippen molar-refractivity contribution in [3.63, 3.8) is 0 Å². The highest BCUT2D eigenvalue weighted by Gasteiger charge is 2.16. The Labute approximate surface area is 96.8 Å². The number of hydrogen-bond acceptors (Lipinski definition) is 1. The highest BCUT2D eigenvalue weighted by molar-refractivity contribution is 9.10. The van der Waals surface area contributed by atoms with Gasteiger partial charge in [-0.25, -0.2) is 4.39 Å². The summed E-state index contributed by atoms with van der Waals surface area (Å²) in [7, 11) is 0. The molecule has 0 saturated heterocycles. The smallest absolute Gasteiger partial charge is 0.144 e. The van der Waals surface area contributed by atoms with Crippen molar-refractivity contribution in [3.05, 3.63) is 40.1 Å². The second kappa shape index (κ2) is 4.45. The quantitative estimate of drug-likeness (QED) is 0.828. The summed E-state index contributed by atoms with van der Waals surface area (Å²) in [6.07, 6.45) is 3.86. The van der Waals surface area contributed by atoms with Gasteiger partial charge < -0.3 is 5.11 Å². The van der Waals surface area contributed by atoms with Crippen molar-refractivity contribution < 1.29 is 9.50 Å². The van der Waals surface area contributed by atoms with Gasteiger partial charge in [-0.3, -0.25) is 0 Å². The summed E-state index contributed by atoms with van der Waals surface area (Å²) < 4.78 is 14.2. The second-order valence-electron chi connectivity index (χ2n) is 3.75. The first-order chi connectivity index (χ1) is 7.18. The van der Waals surface area contributed by atoms with E-state index in [2.05, 4.69) is 15.9 Å². The molecule has 0 aliphatic heterocycles. The van der Waals surface area contributed by atoms with Crippen LogP contribution >= 0.6 is 15.9 Å². The molecular formula is C12H12BrFO. The second-order valence-corrected chi connectivity index (χ2v) is 4.61. The lowest BCUT2D eigenvalue weighted by atomic mass is 9.92. The van der Waals surface area contributed by atoms with Gasteiger partial charge in [-0.2, -0.15) is 0 Å². The standard InChI is InChI=1S/C12H12BrFO/c13-11-6-2-5-10(12(11)14)8-3-1-4-9(15)7-8/h2,5-7,9,15H,1,3-4H2. The molecule has 1 atom stereocenters. The predicted octanol–water partition coefficient (Wildman–Crippen LogP) is 3.52. The molecule has 1 aliphatic rings. The molecular weight excluding hydrogens is 259 g/mol. The Balaban J connectivity index is 2.41. The number of rotatable bonds is 1. The molecule has 2 rings (SSSR count). The number of hydrogen-bond donors (Lipinski definition) is 1. The van der Waals surface area contributed by atoms with E-state index < -0.39 is 6.10 Å². The van der Waals surface area contributed by atoms with Crippen molar-refractivity contribution in [2.75, 3.05) is 0 Å². The van der Waals surface area contributed by atoms with Crippen LogP contribution in [0.5, 0.6) is 0 Å². The van der Waals surface area contributed by atoms with Crippen LogP contribution < -0.4 is 0 Å². The maximum absolute atomic E-state index is 13.7. The maximum Gasteiger partial charge on any atom is 0.144 e. The van der Waals surface area contributed by atoms with E-state index in [0.29, 0.717) is 10.0 Å². The molecule has 0 saturated carbocycles. The van der Waals surface area contributed by atoms with Gasteiger partial charge in [0.05, 0.1) is 10.6 Å². The highest BCUT2D eigenvalue weighted by atomic mass is 79.9. The largest absolute Gasteiger partial charge is 0.389 e. The van der Waals surface area contributed by atoms with Crippen LogP contribution in [0.2, 0.25) is 0 Å². The van der Waals surface area contributed by atoms with Crippen molar-refractivity contribution in [1.82, 2.24) is 0 Å². The van der Waals surface area contributed by atoms with Crippen LogP contribution in [-0.2, 0) is 0 Å². The number of aliphatic hydroxyl groups excluding tert-OH is 1. The Kier molecular flexibility index (Phi) is 3.22. The zero-order valence-electron chi connectivity index (χ0n) is 8.21. The normalized spacial score (nSPS) is 21.3. The van der Waals surface area contributed by atoms with Gasteiger partial charge in [-0.15, -0.1) is 0 Å². The molecule has 0 amide bonds. The fraction of sp³-hybridized carbons (Fsp3) is 0.333. The average Bonchev–Trinajstić information content (AvgIpc) is 2.22. The van der Waals surface area contributed by atoms with E-state index in [-0.39, 0.29) is 5.82 Å². The predicted molar refractivity (Wildman–Crippen MR) is 61.9 cm³/mol. The third-order valence-electron chi connectivity index (χ3n) is 2.64. The van der Waals surface area contributed by atoms with Crippen LogP contribution in [0.15, 0.2) is 28.7 Å². The minimum absolute atomic E-state index is 0.238. The molecule has 0 heterocycles. The Morgan fingerprint density at radius 1 is 1.40 bits per heavy atom. The van der Waals surface area contributed by atoms with Gasteiger partial charge in [0.25, 0.3) is 0 Å². The Bertz CT molecular complexity index is 401. The summed E-state index contributed by atoms with van der Waals surface area (Å²) in [6.45, 7) is 0. The van der Waals surface area contributed by atoms with Crippen LogP contribution in [0.25, 0.3) is 5.57 Å². The summed E-state index contributed by atoms with van der Waals surface area (Å²) >= 11 is 3.16. The summed E-state index contributed by atoms with van der Waals surface area (Å²) in [4.78, 5) is 0. The molecule has 1 aliphatic carbocycles. The third-order valence-corrected chi connectivity index (χ3v) is 3.25. The Morgan fingerprint density at radius 3 is 2.93 bits per heavy atom. The van der Waals surface area contributed by atoms with Crippen LogP contribution in [0.3, 0.4) is 0 Å². The molecule has 0 radical (unpaired) electrons. The summed E-state index contributed by atoms with van der Waals surface area (Å²) in [6, 6.07) is 5.24. The molecule has 0 spiro atoms. The van der Waals surface area contributed by atoms with Gasteiger partial charge >= 0.3 is 0 Å². The lowest BCUT2D eigenvalue weighted by Gasteiger charge is -2.17. The molecule has 0 aromatic heterocycles. The van der Waals surface area contributed by atoms with Crippen LogP contribution in [0.1, 0.15) is 24.8 Å². The van der Waals surface area contributed by atoms with Crippen molar-refractivity contribution in [1.29, 1.82) is 0 Å². The van der Waals surface area contributed by atoms with Gasteiger partial charge in [-0.1, -0.05) is 18.2 Å². The van der Waals surface area contributed by atoms with E-state index in [1.54, 1.807) is 18.2 Å². The lowest BCUT2D eigenvalue weighted by molar-refractivity contribution is 0.206. The molecule has 1 aromatic rings. The Morgan fingerprint density at radius 2 is 2.20 bits per heavy atom. The van der Waals surface area contributed by atoms with Gasteiger partial charge in [0.1, 0.15) is 5.82 Å². The molecule has 1 aromatic carbocycles. The highest BCUT2D eigenvalue weighted by Crippen LogP contribution is 2.31. The van der Waals surface area contributed by atoms with Crippen molar-refractivity contribution >= 4 is 21.5 Å². The molecule has 1 nitrogen and oxygen atoms in total. The first-order valence-electron chi connectivity index (χ1n) is 5.01. The fourth-order valence-corrected chi connectivity index (χ4v) is 2.24. The van der Waals surface area contributed by atoms with E-state index in [1.807, 2.05) is 6.07 Å².